The quantitative estimate of drug-likeness (QED) is 0.862. The molecule has 0 amide bonds. The Morgan fingerprint density at radius 1 is 1.21 bits per heavy atom. The smallest absolute Gasteiger partial charge is 0.0622 e. The highest BCUT2D eigenvalue weighted by Gasteiger charge is 2.05. The minimum atomic E-state index is 0.545. The first-order chi connectivity index (χ1) is 9.16. The molecular formula is C16H23N3. The van der Waals surface area contributed by atoms with Gasteiger partial charge >= 0.3 is 0 Å². The first-order valence-corrected chi connectivity index (χ1v) is 6.91. The van der Waals surface area contributed by atoms with Crippen molar-refractivity contribution in [1.29, 1.82) is 0 Å². The number of aromatic nitrogens is 1. The summed E-state index contributed by atoms with van der Waals surface area (Å²) in [5.74, 6) is 0. The maximum absolute atomic E-state index is 4.53. The van der Waals surface area contributed by atoms with Crippen LogP contribution in [0.25, 0.3) is 10.8 Å². The van der Waals surface area contributed by atoms with E-state index in [1.54, 1.807) is 0 Å². The van der Waals surface area contributed by atoms with Crippen LogP contribution in [0.1, 0.15) is 19.5 Å². The van der Waals surface area contributed by atoms with Crippen molar-refractivity contribution < 1.29 is 0 Å². The maximum atomic E-state index is 4.53. The van der Waals surface area contributed by atoms with E-state index in [1.807, 2.05) is 6.20 Å². The van der Waals surface area contributed by atoms with E-state index in [0.717, 1.165) is 25.3 Å². The Labute approximate surface area is 115 Å². The number of benzene rings is 1. The highest BCUT2D eigenvalue weighted by molar-refractivity contribution is 5.84. The van der Waals surface area contributed by atoms with Gasteiger partial charge in [-0.05, 0) is 18.5 Å². The minimum Gasteiger partial charge on any atom is -0.313 e. The number of pyridine rings is 1. The van der Waals surface area contributed by atoms with Crippen LogP contribution in [-0.2, 0) is 6.54 Å². The summed E-state index contributed by atoms with van der Waals surface area (Å²) in [5, 5.41) is 5.96. The van der Waals surface area contributed by atoms with E-state index < -0.39 is 0 Å². The first kappa shape index (κ1) is 14.0. The molecule has 0 radical (unpaired) electrons. The van der Waals surface area contributed by atoms with Gasteiger partial charge in [0.1, 0.15) is 0 Å². The molecule has 2 aromatic rings. The zero-order valence-corrected chi connectivity index (χ0v) is 12.1. The van der Waals surface area contributed by atoms with Crippen molar-refractivity contribution in [2.75, 3.05) is 20.1 Å². The third-order valence-electron chi connectivity index (χ3n) is 3.22. The summed E-state index contributed by atoms with van der Waals surface area (Å²) in [6.07, 6.45) is 1.90. The van der Waals surface area contributed by atoms with Gasteiger partial charge in [-0.3, -0.25) is 9.88 Å². The number of fused-ring (bicyclic) bond motifs is 1. The molecule has 0 unspecified atom stereocenters. The lowest BCUT2D eigenvalue weighted by Gasteiger charge is -2.18. The van der Waals surface area contributed by atoms with Crippen molar-refractivity contribution in [3.05, 3.63) is 42.2 Å². The van der Waals surface area contributed by atoms with E-state index in [4.69, 9.17) is 0 Å². The standard InChI is InChI=1S/C16H23N3/c1-13(2)17-10-11-19(3)12-16-15-7-5-4-6-14(15)8-9-18-16/h4-9,13,17H,10-12H2,1-3H3. The van der Waals surface area contributed by atoms with Gasteiger partial charge in [0.25, 0.3) is 0 Å². The molecule has 1 heterocycles. The van der Waals surface area contributed by atoms with Crippen LogP contribution in [0.15, 0.2) is 36.5 Å². The SMILES string of the molecule is CC(C)NCCN(C)Cc1nccc2ccccc12. The van der Waals surface area contributed by atoms with E-state index in [0.29, 0.717) is 6.04 Å². The highest BCUT2D eigenvalue weighted by Crippen LogP contribution is 2.17. The van der Waals surface area contributed by atoms with E-state index >= 15 is 0 Å². The van der Waals surface area contributed by atoms with Crippen molar-refractivity contribution in [1.82, 2.24) is 15.2 Å². The Kier molecular flexibility index (Phi) is 4.88. The molecular weight excluding hydrogens is 234 g/mol. The molecule has 0 aliphatic rings. The molecule has 2 rings (SSSR count). The van der Waals surface area contributed by atoms with E-state index in [2.05, 4.69) is 66.4 Å². The molecule has 0 spiro atoms. The van der Waals surface area contributed by atoms with Gasteiger partial charge in [-0.25, -0.2) is 0 Å². The molecule has 0 aliphatic carbocycles. The Balaban J connectivity index is 2.00. The summed E-state index contributed by atoms with van der Waals surface area (Å²) in [4.78, 5) is 6.84. The summed E-state index contributed by atoms with van der Waals surface area (Å²) < 4.78 is 0. The fourth-order valence-electron chi connectivity index (χ4n) is 2.19. The molecule has 0 atom stereocenters. The average Bonchev–Trinajstić information content (AvgIpc) is 2.39. The summed E-state index contributed by atoms with van der Waals surface area (Å²) in [7, 11) is 2.14. The molecule has 102 valence electrons. The lowest BCUT2D eigenvalue weighted by molar-refractivity contribution is 0.317. The molecule has 0 fully saturated rings. The molecule has 0 bridgehead atoms. The first-order valence-electron chi connectivity index (χ1n) is 6.91. The Bertz CT molecular complexity index is 517. The van der Waals surface area contributed by atoms with Crippen LogP contribution >= 0.6 is 0 Å². The zero-order valence-electron chi connectivity index (χ0n) is 12.1. The van der Waals surface area contributed by atoms with Gasteiger partial charge in [0.2, 0.25) is 0 Å². The lowest BCUT2D eigenvalue weighted by Crippen LogP contribution is -2.32. The van der Waals surface area contributed by atoms with Crippen LogP contribution in [0.5, 0.6) is 0 Å². The van der Waals surface area contributed by atoms with Gasteiger partial charge in [-0.15, -0.1) is 0 Å². The molecule has 1 N–H and O–H groups in total. The fraction of sp³-hybridized carbons (Fsp3) is 0.438. The Morgan fingerprint density at radius 2 is 2.00 bits per heavy atom. The summed E-state index contributed by atoms with van der Waals surface area (Å²) in [6.45, 7) is 7.28. The predicted octanol–water partition coefficient (Wildman–Crippen LogP) is 2.66. The number of rotatable bonds is 6. The monoisotopic (exact) mass is 257 g/mol. The molecule has 0 saturated heterocycles. The highest BCUT2D eigenvalue weighted by atomic mass is 15.1. The predicted molar refractivity (Wildman–Crippen MR) is 81.2 cm³/mol. The van der Waals surface area contributed by atoms with Crippen LogP contribution in [0, 0.1) is 0 Å². The van der Waals surface area contributed by atoms with Crippen LogP contribution in [0.2, 0.25) is 0 Å². The average molecular weight is 257 g/mol. The largest absolute Gasteiger partial charge is 0.313 e. The van der Waals surface area contributed by atoms with E-state index in [1.165, 1.54) is 10.8 Å². The third kappa shape index (κ3) is 4.01. The molecule has 0 saturated carbocycles. The van der Waals surface area contributed by atoms with Crippen LogP contribution in [0.4, 0.5) is 0 Å². The summed E-state index contributed by atoms with van der Waals surface area (Å²) in [6, 6.07) is 11.1. The van der Waals surface area contributed by atoms with Crippen molar-refractivity contribution in [2.24, 2.45) is 0 Å². The van der Waals surface area contributed by atoms with Crippen molar-refractivity contribution in [3.63, 3.8) is 0 Å². The van der Waals surface area contributed by atoms with Crippen molar-refractivity contribution in [3.8, 4) is 0 Å². The molecule has 1 aromatic carbocycles. The second kappa shape index (κ2) is 6.64. The topological polar surface area (TPSA) is 28.2 Å². The Morgan fingerprint density at radius 3 is 2.79 bits per heavy atom. The van der Waals surface area contributed by atoms with Gasteiger partial charge < -0.3 is 5.32 Å². The van der Waals surface area contributed by atoms with Crippen LogP contribution in [0.3, 0.4) is 0 Å². The van der Waals surface area contributed by atoms with Crippen LogP contribution in [-0.4, -0.2) is 36.1 Å². The molecule has 3 heteroatoms. The third-order valence-corrected chi connectivity index (χ3v) is 3.22. The molecule has 3 nitrogen and oxygen atoms in total. The molecule has 1 aromatic heterocycles. The van der Waals surface area contributed by atoms with Crippen molar-refractivity contribution >= 4 is 10.8 Å². The fourth-order valence-corrected chi connectivity index (χ4v) is 2.19. The lowest BCUT2D eigenvalue weighted by atomic mass is 10.1. The van der Waals surface area contributed by atoms with Crippen molar-refractivity contribution in [2.45, 2.75) is 26.4 Å². The Hall–Kier alpha value is -1.45. The minimum absolute atomic E-state index is 0.545. The number of hydrogen-bond acceptors (Lipinski definition) is 3. The van der Waals surface area contributed by atoms with Gasteiger partial charge in [-0.1, -0.05) is 38.1 Å². The second-order valence-electron chi connectivity index (χ2n) is 5.33. The van der Waals surface area contributed by atoms with Gasteiger partial charge in [0, 0.05) is 37.3 Å². The van der Waals surface area contributed by atoms with E-state index in [9.17, 15) is 0 Å². The van der Waals surface area contributed by atoms with Crippen LogP contribution < -0.4 is 5.32 Å². The van der Waals surface area contributed by atoms with E-state index in [-0.39, 0.29) is 0 Å². The van der Waals surface area contributed by atoms with Gasteiger partial charge in [0.15, 0.2) is 0 Å². The molecule has 19 heavy (non-hydrogen) atoms. The number of nitrogens with zero attached hydrogens (tertiary/aromatic N) is 2. The van der Waals surface area contributed by atoms with Gasteiger partial charge in [-0.2, -0.15) is 0 Å². The van der Waals surface area contributed by atoms with Gasteiger partial charge in [0.05, 0.1) is 5.69 Å². The number of hydrogen-bond donors (Lipinski definition) is 1. The number of nitrogens with one attached hydrogen (secondary N) is 1. The number of likely N-dealkylation sites (N-methyl/N-ethyl adjacent to an activating group) is 1. The summed E-state index contributed by atoms with van der Waals surface area (Å²) in [5.41, 5.74) is 1.16. The second-order valence-corrected chi connectivity index (χ2v) is 5.33. The molecule has 0 aliphatic heterocycles. The summed E-state index contributed by atoms with van der Waals surface area (Å²) >= 11 is 0. The normalized spacial score (nSPS) is 11.6. The zero-order chi connectivity index (χ0) is 13.7. The maximum Gasteiger partial charge on any atom is 0.0622 e.